The number of fused-ring (bicyclic) bond motifs is 6. The quantitative estimate of drug-likeness (QED) is 0.214. The Balaban J connectivity index is 1.99. The third kappa shape index (κ3) is 2.57. The van der Waals surface area contributed by atoms with Gasteiger partial charge in [0.05, 0.1) is 27.4 Å². The molecule has 5 nitrogen and oxygen atoms in total. The molecule has 2 aliphatic heterocycles. The molecule has 1 spiro atoms. The zero-order valence-electron chi connectivity index (χ0n) is 14.1. The molecule has 0 bridgehead atoms. The average molecular weight is 744 g/mol. The molecule has 0 aliphatic carbocycles. The van der Waals surface area contributed by atoms with E-state index in [0.29, 0.717) is 38.7 Å². The maximum absolute atomic E-state index is 12.8. The maximum Gasteiger partial charge on any atom is 0.340 e. The van der Waals surface area contributed by atoms with Crippen molar-refractivity contribution in [2.24, 2.45) is 0 Å². The number of hydrogen-bond donors (Lipinski definition) is 2. The highest BCUT2D eigenvalue weighted by molar-refractivity contribution is 14.1. The van der Waals surface area contributed by atoms with Crippen molar-refractivity contribution in [2.75, 3.05) is 0 Å². The van der Waals surface area contributed by atoms with Crippen LogP contribution in [0, 0.1) is 10.7 Å². The summed E-state index contributed by atoms with van der Waals surface area (Å²) >= 11 is 12.4. The number of esters is 1. The van der Waals surface area contributed by atoms with Crippen LogP contribution in [0.3, 0.4) is 0 Å². The first kappa shape index (κ1) is 19.9. The van der Waals surface area contributed by atoms with E-state index in [1.54, 1.807) is 24.3 Å². The fraction of sp³-hybridized carbons (Fsp3) is 0.0500. The lowest BCUT2D eigenvalue weighted by molar-refractivity contribution is 0.0223. The smallest absolute Gasteiger partial charge is 0.340 e. The number of phenols is 2. The zero-order chi connectivity index (χ0) is 20.7. The van der Waals surface area contributed by atoms with Crippen molar-refractivity contribution in [3.63, 3.8) is 0 Å². The van der Waals surface area contributed by atoms with Crippen LogP contribution < -0.4 is 4.74 Å². The molecule has 9 heteroatoms. The van der Waals surface area contributed by atoms with E-state index in [0.717, 1.165) is 0 Å². The Labute approximate surface area is 210 Å². The van der Waals surface area contributed by atoms with Gasteiger partial charge in [-0.2, -0.15) is 0 Å². The number of benzene rings is 3. The summed E-state index contributed by atoms with van der Waals surface area (Å²) in [6, 6.07) is 10.6. The van der Waals surface area contributed by atoms with Crippen LogP contribution in [-0.4, -0.2) is 16.2 Å². The Hall–Kier alpha value is -0.990. The Kier molecular flexibility index (Phi) is 4.65. The van der Waals surface area contributed by atoms with Gasteiger partial charge < -0.3 is 19.7 Å². The highest BCUT2D eigenvalue weighted by Crippen LogP contribution is 2.61. The average Bonchev–Trinajstić information content (AvgIpc) is 3.00. The number of halogens is 4. The molecule has 2 heterocycles. The first-order valence-electron chi connectivity index (χ1n) is 8.21. The Morgan fingerprint density at radius 2 is 1.52 bits per heavy atom. The van der Waals surface area contributed by atoms with Gasteiger partial charge in [0.15, 0.2) is 22.8 Å². The molecule has 0 amide bonds. The third-order valence-electron chi connectivity index (χ3n) is 5.03. The minimum Gasteiger partial charge on any atom is -0.506 e. The summed E-state index contributed by atoms with van der Waals surface area (Å²) in [7, 11) is 0. The molecular formula is C20H8ClI3O5. The highest BCUT2D eigenvalue weighted by atomic mass is 127. The van der Waals surface area contributed by atoms with E-state index in [4.69, 9.17) is 21.1 Å². The van der Waals surface area contributed by atoms with Crippen molar-refractivity contribution in [1.29, 1.82) is 0 Å². The zero-order valence-corrected chi connectivity index (χ0v) is 21.3. The van der Waals surface area contributed by atoms with E-state index in [2.05, 4.69) is 0 Å². The predicted octanol–water partition coefficient (Wildman–Crippen LogP) is 6.13. The van der Waals surface area contributed by atoms with Gasteiger partial charge in [-0.05, 0) is 86.0 Å². The molecule has 3 aromatic rings. The van der Waals surface area contributed by atoms with Crippen LogP contribution in [0.25, 0.3) is 0 Å². The maximum atomic E-state index is 12.8. The van der Waals surface area contributed by atoms with Crippen molar-refractivity contribution in [3.8, 4) is 23.0 Å². The van der Waals surface area contributed by atoms with Gasteiger partial charge in [0.25, 0.3) is 0 Å². The second kappa shape index (κ2) is 6.76. The Morgan fingerprint density at radius 3 is 2.24 bits per heavy atom. The lowest BCUT2D eigenvalue weighted by atomic mass is 9.77. The van der Waals surface area contributed by atoms with Gasteiger partial charge in [-0.25, -0.2) is 4.79 Å². The first-order valence-corrected chi connectivity index (χ1v) is 11.8. The molecule has 29 heavy (non-hydrogen) atoms. The third-order valence-corrected chi connectivity index (χ3v) is 8.03. The molecule has 0 saturated carbocycles. The van der Waals surface area contributed by atoms with Crippen LogP contribution in [0.4, 0.5) is 0 Å². The summed E-state index contributed by atoms with van der Waals surface area (Å²) in [6.45, 7) is 0. The predicted molar refractivity (Wildman–Crippen MR) is 131 cm³/mol. The van der Waals surface area contributed by atoms with Crippen LogP contribution in [0.1, 0.15) is 27.0 Å². The molecule has 3 aromatic carbocycles. The molecule has 1 atom stereocenters. The molecule has 2 aliphatic rings. The summed E-state index contributed by atoms with van der Waals surface area (Å²) in [5, 5.41) is 20.9. The van der Waals surface area contributed by atoms with Crippen LogP contribution >= 0.6 is 79.4 Å². The van der Waals surface area contributed by atoms with Gasteiger partial charge in [0, 0.05) is 5.56 Å². The molecular weight excluding hydrogens is 736 g/mol. The van der Waals surface area contributed by atoms with E-state index >= 15 is 0 Å². The normalized spacial score (nSPS) is 18.7. The van der Waals surface area contributed by atoms with Crippen LogP contribution in [0.2, 0.25) is 5.02 Å². The van der Waals surface area contributed by atoms with Crippen LogP contribution in [0.15, 0.2) is 36.4 Å². The van der Waals surface area contributed by atoms with Crippen molar-refractivity contribution in [2.45, 2.75) is 5.60 Å². The number of carbonyl (C=O) groups excluding carboxylic acids is 1. The van der Waals surface area contributed by atoms with Crippen molar-refractivity contribution in [1.82, 2.24) is 0 Å². The Bertz CT molecular complexity index is 1190. The fourth-order valence-electron chi connectivity index (χ4n) is 3.77. The minimum atomic E-state index is -1.30. The number of aromatic hydroxyl groups is 2. The fourth-order valence-corrected chi connectivity index (χ4v) is 6.54. The number of hydrogen-bond acceptors (Lipinski definition) is 5. The van der Waals surface area contributed by atoms with E-state index in [1.807, 2.05) is 79.9 Å². The summed E-state index contributed by atoms with van der Waals surface area (Å²) in [5.74, 6) is 0.0128. The van der Waals surface area contributed by atoms with Crippen LogP contribution in [-0.2, 0) is 10.3 Å². The van der Waals surface area contributed by atoms with Gasteiger partial charge in [-0.3, -0.25) is 0 Å². The summed E-state index contributed by atoms with van der Waals surface area (Å²) < 4.78 is 13.7. The second-order valence-corrected chi connectivity index (χ2v) is 10.3. The standard InChI is InChI=1S/C20H8ClI3O5/c21-13-15(25)11(22)5-9-17(13)28-18-10(6-12(23)16(26)14(18)24)20(9)8-4-2-1-3-7(8)19(27)29-20/h1-6,25-26H/t20-/m1/s1. The van der Waals surface area contributed by atoms with E-state index in [1.165, 1.54) is 0 Å². The van der Waals surface area contributed by atoms with E-state index < -0.39 is 11.6 Å². The summed E-state index contributed by atoms with van der Waals surface area (Å²) in [6.07, 6.45) is 0. The SMILES string of the molecule is O=C1O[C@]2(c3ccccc31)c1cc(I)c(O)c(Cl)c1Oc1c2cc(I)c(O)c1I. The molecule has 146 valence electrons. The molecule has 2 N–H and O–H groups in total. The summed E-state index contributed by atoms with van der Waals surface area (Å²) in [4.78, 5) is 12.8. The monoisotopic (exact) mass is 744 g/mol. The molecule has 0 aromatic heterocycles. The topological polar surface area (TPSA) is 76.0 Å². The first-order chi connectivity index (χ1) is 13.8. The van der Waals surface area contributed by atoms with Crippen LogP contribution in [0.5, 0.6) is 23.0 Å². The van der Waals surface area contributed by atoms with Gasteiger partial charge in [-0.15, -0.1) is 0 Å². The van der Waals surface area contributed by atoms with Gasteiger partial charge in [0.2, 0.25) is 0 Å². The number of rotatable bonds is 0. The van der Waals surface area contributed by atoms with Gasteiger partial charge in [0.1, 0.15) is 10.8 Å². The molecule has 0 radical (unpaired) electrons. The molecule has 0 fully saturated rings. The number of ether oxygens (including phenoxy) is 2. The van der Waals surface area contributed by atoms with E-state index in [-0.39, 0.29) is 22.3 Å². The molecule has 5 rings (SSSR count). The molecule has 0 saturated heterocycles. The largest absolute Gasteiger partial charge is 0.506 e. The number of phenolic OH excluding ortho intramolecular Hbond substituents is 2. The lowest BCUT2D eigenvalue weighted by Gasteiger charge is -2.37. The lowest BCUT2D eigenvalue weighted by Crippen LogP contribution is -2.33. The second-order valence-electron chi connectivity index (χ2n) is 6.51. The van der Waals surface area contributed by atoms with Gasteiger partial charge in [-0.1, -0.05) is 29.8 Å². The Morgan fingerprint density at radius 1 is 0.897 bits per heavy atom. The minimum absolute atomic E-state index is 0.0196. The van der Waals surface area contributed by atoms with Crippen molar-refractivity contribution < 1.29 is 24.5 Å². The number of carbonyl (C=O) groups is 1. The van der Waals surface area contributed by atoms with Crippen molar-refractivity contribution >= 4 is 85.3 Å². The van der Waals surface area contributed by atoms with Crippen molar-refractivity contribution in [3.05, 3.63) is 74.4 Å². The molecule has 0 unspecified atom stereocenters. The highest BCUT2D eigenvalue weighted by Gasteiger charge is 2.55. The van der Waals surface area contributed by atoms with E-state index in [9.17, 15) is 15.0 Å². The summed E-state index contributed by atoms with van der Waals surface area (Å²) in [5.41, 5.74) is 0.913. The van der Waals surface area contributed by atoms with Gasteiger partial charge >= 0.3 is 5.97 Å².